The summed E-state index contributed by atoms with van der Waals surface area (Å²) in [5.41, 5.74) is 10.4. The van der Waals surface area contributed by atoms with E-state index >= 15 is 0 Å². The van der Waals surface area contributed by atoms with Gasteiger partial charge in [0.2, 0.25) is 5.89 Å². The number of aromatic nitrogens is 6. The van der Waals surface area contributed by atoms with Crippen molar-refractivity contribution in [3.63, 3.8) is 0 Å². The average Bonchev–Trinajstić information content (AvgIpc) is 3.49. The molecule has 0 radical (unpaired) electrons. The van der Waals surface area contributed by atoms with E-state index in [2.05, 4.69) is 20.3 Å². The standard InChI is InChI=1S/C23H22N8O3/c1-30-12-14(10-26-30)21-11-25-19-5-4-15(8-20(19)27-21)31(13-22-28-29-23(24)34-22)16-6-17(32-2)9-18(7-16)33-3/h4-12H,13H2,1-3H3,(H2,24,29). The summed E-state index contributed by atoms with van der Waals surface area (Å²) < 4.78 is 18.1. The highest BCUT2D eigenvalue weighted by Gasteiger charge is 2.18. The Morgan fingerprint density at radius 3 is 2.41 bits per heavy atom. The van der Waals surface area contributed by atoms with Gasteiger partial charge in [0.25, 0.3) is 0 Å². The van der Waals surface area contributed by atoms with E-state index in [-0.39, 0.29) is 12.6 Å². The van der Waals surface area contributed by atoms with Crippen LogP contribution in [-0.4, -0.2) is 44.2 Å². The van der Waals surface area contributed by atoms with Crippen molar-refractivity contribution < 1.29 is 13.9 Å². The van der Waals surface area contributed by atoms with Crippen LogP contribution in [0.15, 0.2) is 59.4 Å². The van der Waals surface area contributed by atoms with Gasteiger partial charge in [0, 0.05) is 48.4 Å². The monoisotopic (exact) mass is 458 g/mol. The zero-order valence-corrected chi connectivity index (χ0v) is 18.8. The molecule has 0 fully saturated rings. The van der Waals surface area contributed by atoms with Gasteiger partial charge in [-0.1, -0.05) is 5.10 Å². The number of rotatable bonds is 7. The number of ether oxygens (including phenoxy) is 2. The van der Waals surface area contributed by atoms with E-state index < -0.39 is 0 Å². The van der Waals surface area contributed by atoms with Crippen molar-refractivity contribution in [3.8, 4) is 22.8 Å². The van der Waals surface area contributed by atoms with Gasteiger partial charge in [0.15, 0.2) is 0 Å². The molecule has 0 aliphatic rings. The fraction of sp³-hybridized carbons (Fsp3) is 0.174. The lowest BCUT2D eigenvalue weighted by molar-refractivity contribution is 0.394. The molecule has 0 aliphatic carbocycles. The largest absolute Gasteiger partial charge is 0.497 e. The van der Waals surface area contributed by atoms with E-state index in [1.165, 1.54) is 0 Å². The quantitative estimate of drug-likeness (QED) is 0.387. The molecule has 3 heterocycles. The van der Waals surface area contributed by atoms with E-state index in [4.69, 9.17) is 24.6 Å². The molecular weight excluding hydrogens is 436 g/mol. The van der Waals surface area contributed by atoms with Gasteiger partial charge >= 0.3 is 6.01 Å². The molecule has 5 rings (SSSR count). The molecule has 34 heavy (non-hydrogen) atoms. The molecule has 0 bridgehead atoms. The minimum Gasteiger partial charge on any atom is -0.497 e. The summed E-state index contributed by atoms with van der Waals surface area (Å²) in [4.78, 5) is 11.4. The number of nitrogen functional groups attached to an aromatic ring is 1. The first-order chi connectivity index (χ1) is 16.5. The van der Waals surface area contributed by atoms with E-state index in [0.717, 1.165) is 33.7 Å². The van der Waals surface area contributed by atoms with Crippen molar-refractivity contribution in [2.24, 2.45) is 7.05 Å². The number of nitrogens with two attached hydrogens (primary N) is 1. The molecule has 0 aliphatic heterocycles. The smallest absolute Gasteiger partial charge is 0.312 e. The molecule has 0 saturated carbocycles. The SMILES string of the molecule is COc1cc(OC)cc(N(Cc2nnc(N)o2)c2ccc3ncc(-c4cnn(C)c4)nc3c2)c1. The van der Waals surface area contributed by atoms with Crippen LogP contribution in [0, 0.1) is 0 Å². The Bertz CT molecular complexity index is 1440. The van der Waals surface area contributed by atoms with Crippen LogP contribution in [0.4, 0.5) is 17.4 Å². The van der Waals surface area contributed by atoms with Gasteiger partial charge in [0.1, 0.15) is 18.0 Å². The van der Waals surface area contributed by atoms with Crippen molar-refractivity contribution in [1.82, 2.24) is 29.9 Å². The van der Waals surface area contributed by atoms with Gasteiger partial charge in [-0.15, -0.1) is 5.10 Å². The van der Waals surface area contributed by atoms with Crippen molar-refractivity contribution in [1.29, 1.82) is 0 Å². The molecule has 172 valence electrons. The third-order valence-electron chi connectivity index (χ3n) is 5.26. The lowest BCUT2D eigenvalue weighted by Crippen LogP contribution is -2.17. The normalized spacial score (nSPS) is 11.0. The molecule has 0 saturated heterocycles. The molecule has 0 spiro atoms. The van der Waals surface area contributed by atoms with Crippen LogP contribution in [0.25, 0.3) is 22.3 Å². The van der Waals surface area contributed by atoms with Crippen molar-refractivity contribution in [3.05, 3.63) is 60.9 Å². The van der Waals surface area contributed by atoms with E-state index in [0.29, 0.717) is 17.4 Å². The maximum atomic E-state index is 5.65. The molecule has 0 unspecified atom stereocenters. The topological polar surface area (TPSA) is 130 Å². The number of nitrogens with zero attached hydrogens (tertiary/aromatic N) is 7. The van der Waals surface area contributed by atoms with Gasteiger partial charge in [0.05, 0.1) is 43.3 Å². The number of aryl methyl sites for hydroxylation is 1. The molecule has 0 amide bonds. The molecule has 2 aromatic carbocycles. The van der Waals surface area contributed by atoms with Crippen LogP contribution in [0.2, 0.25) is 0 Å². The second-order valence-corrected chi connectivity index (χ2v) is 7.52. The number of hydrogen-bond acceptors (Lipinski definition) is 10. The van der Waals surface area contributed by atoms with E-state index in [9.17, 15) is 0 Å². The number of methoxy groups -OCH3 is 2. The summed E-state index contributed by atoms with van der Waals surface area (Å²) in [6.45, 7) is 0.266. The van der Waals surface area contributed by atoms with Crippen LogP contribution in [0.1, 0.15) is 5.89 Å². The third kappa shape index (κ3) is 4.18. The molecule has 5 aromatic rings. The second-order valence-electron chi connectivity index (χ2n) is 7.52. The van der Waals surface area contributed by atoms with E-state index in [1.54, 1.807) is 37.4 Å². The summed E-state index contributed by atoms with van der Waals surface area (Å²) in [5, 5.41) is 12.0. The molecule has 2 N–H and O–H groups in total. The van der Waals surface area contributed by atoms with Crippen LogP contribution in [0.3, 0.4) is 0 Å². The minimum absolute atomic E-state index is 0.00339. The zero-order valence-electron chi connectivity index (χ0n) is 18.8. The predicted octanol–water partition coefficient (Wildman–Crippen LogP) is 3.35. The molecular formula is C23H22N8O3. The number of fused-ring (bicyclic) bond motifs is 1. The lowest BCUT2D eigenvalue weighted by atomic mass is 10.2. The summed E-state index contributed by atoms with van der Waals surface area (Å²) in [6, 6.07) is 11.4. The first kappa shape index (κ1) is 21.2. The highest BCUT2D eigenvalue weighted by atomic mass is 16.5. The first-order valence-electron chi connectivity index (χ1n) is 10.4. The summed E-state index contributed by atoms with van der Waals surface area (Å²) >= 11 is 0. The predicted molar refractivity (Wildman–Crippen MR) is 126 cm³/mol. The average molecular weight is 458 g/mol. The fourth-order valence-corrected chi connectivity index (χ4v) is 3.61. The molecule has 11 heteroatoms. The number of benzene rings is 2. The maximum Gasteiger partial charge on any atom is 0.312 e. The van der Waals surface area contributed by atoms with Crippen molar-refractivity contribution >= 4 is 28.4 Å². The number of hydrogen-bond donors (Lipinski definition) is 1. The Morgan fingerprint density at radius 1 is 0.971 bits per heavy atom. The minimum atomic E-state index is 0.00339. The van der Waals surface area contributed by atoms with Crippen LogP contribution in [-0.2, 0) is 13.6 Å². The van der Waals surface area contributed by atoms with Crippen LogP contribution >= 0.6 is 0 Å². The van der Waals surface area contributed by atoms with Gasteiger partial charge in [-0.25, -0.2) is 4.98 Å². The summed E-state index contributed by atoms with van der Waals surface area (Å²) in [7, 11) is 5.07. The lowest BCUT2D eigenvalue weighted by Gasteiger charge is -2.24. The Hall–Kier alpha value is -4.67. The fourth-order valence-electron chi connectivity index (χ4n) is 3.61. The van der Waals surface area contributed by atoms with Crippen LogP contribution in [0.5, 0.6) is 11.5 Å². The number of anilines is 3. The van der Waals surface area contributed by atoms with E-state index in [1.807, 2.05) is 48.5 Å². The van der Waals surface area contributed by atoms with Gasteiger partial charge in [-0.3, -0.25) is 9.67 Å². The molecule has 11 nitrogen and oxygen atoms in total. The van der Waals surface area contributed by atoms with Crippen molar-refractivity contribution in [2.45, 2.75) is 6.54 Å². The third-order valence-corrected chi connectivity index (χ3v) is 5.26. The molecule has 0 atom stereocenters. The van der Waals surface area contributed by atoms with Gasteiger partial charge in [-0.05, 0) is 18.2 Å². The second kappa shape index (κ2) is 8.70. The maximum absolute atomic E-state index is 5.65. The Labute approximate surface area is 194 Å². The zero-order chi connectivity index (χ0) is 23.7. The summed E-state index contributed by atoms with van der Waals surface area (Å²) in [6.07, 6.45) is 5.40. The highest BCUT2D eigenvalue weighted by molar-refractivity contribution is 5.82. The Balaban J connectivity index is 1.62. The van der Waals surface area contributed by atoms with Gasteiger partial charge in [-0.2, -0.15) is 5.10 Å². The van der Waals surface area contributed by atoms with Crippen LogP contribution < -0.4 is 20.1 Å². The van der Waals surface area contributed by atoms with Crippen molar-refractivity contribution in [2.75, 3.05) is 24.9 Å². The summed E-state index contributed by atoms with van der Waals surface area (Å²) in [5.74, 6) is 1.64. The Morgan fingerprint density at radius 2 is 1.76 bits per heavy atom. The first-order valence-corrected chi connectivity index (χ1v) is 10.4. The highest BCUT2D eigenvalue weighted by Crippen LogP contribution is 2.35. The molecule has 3 aromatic heterocycles. The van der Waals surface area contributed by atoms with Gasteiger partial charge < -0.3 is 24.5 Å². The Kier molecular flexibility index (Phi) is 5.42.